The molecule has 1 aliphatic rings. The molecule has 7 heteroatoms. The molecule has 1 aromatic rings. The molecule has 0 aromatic heterocycles. The van der Waals surface area contributed by atoms with Crippen LogP contribution in [0.1, 0.15) is 43.9 Å². The minimum absolute atomic E-state index is 0. The summed E-state index contributed by atoms with van der Waals surface area (Å²) in [6.45, 7) is 17.6. The van der Waals surface area contributed by atoms with Crippen LogP contribution in [-0.4, -0.2) is 59.2 Å². The first-order valence-electron chi connectivity index (χ1n) is 10.3. The third-order valence-electron chi connectivity index (χ3n) is 4.87. The number of halogens is 1. The fourth-order valence-electron chi connectivity index (χ4n) is 4.01. The van der Waals surface area contributed by atoms with Crippen LogP contribution >= 0.6 is 0 Å². The molecule has 0 amide bonds. The fraction of sp³-hybridized carbons (Fsp3) is 0.667. The van der Waals surface area contributed by atoms with Crippen molar-refractivity contribution in [1.82, 2.24) is 0 Å². The van der Waals surface area contributed by atoms with Crippen molar-refractivity contribution in [2.45, 2.75) is 54.0 Å². The van der Waals surface area contributed by atoms with Crippen molar-refractivity contribution in [1.29, 1.82) is 0 Å². The van der Waals surface area contributed by atoms with Crippen LogP contribution in [-0.2, 0) is 13.3 Å². The molecule has 5 nitrogen and oxygen atoms in total. The van der Waals surface area contributed by atoms with Gasteiger partial charge in [0.2, 0.25) is 6.34 Å². The zero-order valence-electron chi connectivity index (χ0n) is 18.4. The van der Waals surface area contributed by atoms with Crippen LogP contribution in [0, 0.1) is 20.8 Å². The van der Waals surface area contributed by atoms with E-state index in [-0.39, 0.29) is 12.4 Å². The number of benzene rings is 1. The van der Waals surface area contributed by atoms with E-state index >= 15 is 0 Å². The van der Waals surface area contributed by atoms with Crippen molar-refractivity contribution >= 4 is 20.8 Å². The molecule has 160 valence electrons. The molecular formula is C21H37ClN2O3Si. The van der Waals surface area contributed by atoms with E-state index in [1.807, 2.05) is 20.8 Å². The number of anilines is 1. The van der Waals surface area contributed by atoms with Gasteiger partial charge in [-0.05, 0) is 59.1 Å². The van der Waals surface area contributed by atoms with E-state index in [0.29, 0.717) is 19.8 Å². The Morgan fingerprint density at radius 2 is 1.50 bits per heavy atom. The van der Waals surface area contributed by atoms with Crippen molar-refractivity contribution in [3.05, 3.63) is 28.8 Å². The van der Waals surface area contributed by atoms with Crippen molar-refractivity contribution in [2.24, 2.45) is 0 Å². The molecule has 0 saturated carbocycles. The Morgan fingerprint density at radius 1 is 0.964 bits per heavy atom. The Kier molecular flexibility index (Phi) is 10.7. The Bertz CT molecular complexity index is 615. The Hall–Kier alpha value is -0.923. The lowest BCUT2D eigenvalue weighted by Gasteiger charge is -2.28. The van der Waals surface area contributed by atoms with Crippen molar-refractivity contribution < 1.29 is 30.3 Å². The first kappa shape index (κ1) is 25.1. The standard InChI is InChI=1S/C21H37N2O3Si.ClH/c1-7-24-27(25-8-2,26-9-3)14-10-11-22-12-13-23(17-22)21-19(5)15-18(4)16-20(21)6;/h15-17H,7-14H2,1-6H3;1H/q+1;/p-1. The maximum atomic E-state index is 5.96. The largest absolute Gasteiger partial charge is 1.00 e. The van der Waals surface area contributed by atoms with Gasteiger partial charge in [-0.25, -0.2) is 4.90 Å². The topological polar surface area (TPSA) is 33.9 Å². The molecule has 0 spiro atoms. The van der Waals surface area contributed by atoms with Gasteiger partial charge >= 0.3 is 8.80 Å². The quantitative estimate of drug-likeness (QED) is 0.387. The van der Waals surface area contributed by atoms with Gasteiger partial charge in [-0.1, -0.05) is 17.7 Å². The number of aryl methyl sites for hydroxylation is 3. The van der Waals surface area contributed by atoms with Crippen molar-refractivity contribution in [3.63, 3.8) is 0 Å². The van der Waals surface area contributed by atoms with Crippen LogP contribution in [0.4, 0.5) is 5.69 Å². The van der Waals surface area contributed by atoms with Gasteiger partial charge in [0.05, 0.1) is 6.54 Å². The van der Waals surface area contributed by atoms with Crippen LogP contribution in [0.3, 0.4) is 0 Å². The number of rotatable bonds is 11. The molecule has 2 rings (SSSR count). The van der Waals surface area contributed by atoms with Crippen LogP contribution in [0.5, 0.6) is 0 Å². The normalized spacial score (nSPS) is 14.2. The average molecular weight is 429 g/mol. The molecule has 1 aromatic carbocycles. The number of nitrogens with zero attached hydrogens (tertiary/aromatic N) is 2. The summed E-state index contributed by atoms with van der Waals surface area (Å²) < 4.78 is 20.3. The monoisotopic (exact) mass is 428 g/mol. The predicted octanol–water partition coefficient (Wildman–Crippen LogP) is 0.915. The summed E-state index contributed by atoms with van der Waals surface area (Å²) >= 11 is 0. The van der Waals surface area contributed by atoms with Gasteiger partial charge in [-0.15, -0.1) is 0 Å². The van der Waals surface area contributed by atoms with Gasteiger partial charge in [0.25, 0.3) is 0 Å². The molecule has 0 bridgehead atoms. The van der Waals surface area contributed by atoms with E-state index in [0.717, 1.165) is 32.1 Å². The Balaban J connectivity index is 0.00000392. The minimum Gasteiger partial charge on any atom is -1.00 e. The lowest BCUT2D eigenvalue weighted by molar-refractivity contribution is -0.513. The maximum Gasteiger partial charge on any atom is 0.501 e. The third-order valence-corrected chi connectivity index (χ3v) is 8.03. The van der Waals surface area contributed by atoms with Crippen LogP contribution in [0.2, 0.25) is 6.04 Å². The fourth-order valence-corrected chi connectivity index (χ4v) is 6.61. The molecule has 0 radical (unpaired) electrons. The first-order chi connectivity index (χ1) is 12.9. The molecule has 28 heavy (non-hydrogen) atoms. The van der Waals surface area contributed by atoms with Crippen LogP contribution in [0.25, 0.3) is 0 Å². The molecule has 0 aliphatic carbocycles. The minimum atomic E-state index is -2.53. The number of hydrogen-bond acceptors (Lipinski definition) is 4. The predicted molar refractivity (Wildman–Crippen MR) is 114 cm³/mol. The summed E-state index contributed by atoms with van der Waals surface area (Å²) in [5.74, 6) is 0. The Labute approximate surface area is 178 Å². The highest BCUT2D eigenvalue weighted by Crippen LogP contribution is 2.26. The molecule has 0 unspecified atom stereocenters. The highest BCUT2D eigenvalue weighted by atomic mass is 35.5. The summed E-state index contributed by atoms with van der Waals surface area (Å²) in [4.78, 5) is 2.39. The summed E-state index contributed by atoms with van der Waals surface area (Å²) in [5, 5.41) is 0. The van der Waals surface area contributed by atoms with E-state index in [1.165, 1.54) is 22.4 Å². The van der Waals surface area contributed by atoms with Crippen molar-refractivity contribution in [3.8, 4) is 0 Å². The van der Waals surface area contributed by atoms with E-state index < -0.39 is 8.80 Å². The van der Waals surface area contributed by atoms with Gasteiger partial charge in [0.15, 0.2) is 0 Å². The molecule has 0 atom stereocenters. The smallest absolute Gasteiger partial charge is 0.501 e. The van der Waals surface area contributed by atoms with Gasteiger partial charge in [-0.3, -0.25) is 4.58 Å². The lowest BCUT2D eigenvalue weighted by Crippen LogP contribution is -3.00. The zero-order valence-corrected chi connectivity index (χ0v) is 20.1. The molecule has 1 aliphatic heterocycles. The summed E-state index contributed by atoms with van der Waals surface area (Å²) in [6, 6.07) is 5.41. The third kappa shape index (κ3) is 6.56. The molecule has 0 N–H and O–H groups in total. The summed E-state index contributed by atoms with van der Waals surface area (Å²) in [5.41, 5.74) is 5.38. The molecule has 0 fully saturated rings. The highest BCUT2D eigenvalue weighted by Gasteiger charge is 2.40. The SMILES string of the molecule is CCO[Si](CCC[N+]1=CN(c2c(C)cc(C)cc2C)CC1)(OCC)OCC.[Cl-]. The van der Waals surface area contributed by atoms with E-state index in [4.69, 9.17) is 13.3 Å². The second-order valence-electron chi connectivity index (χ2n) is 7.18. The molecule has 1 heterocycles. The second kappa shape index (κ2) is 11.9. The number of hydrogen-bond donors (Lipinski definition) is 0. The van der Waals surface area contributed by atoms with Crippen molar-refractivity contribution in [2.75, 3.05) is 44.4 Å². The summed E-state index contributed by atoms with van der Waals surface area (Å²) in [6.07, 6.45) is 3.29. The van der Waals surface area contributed by atoms with E-state index in [2.05, 4.69) is 48.7 Å². The lowest BCUT2D eigenvalue weighted by atomic mass is 10.0. The van der Waals surface area contributed by atoms with E-state index in [1.54, 1.807) is 0 Å². The van der Waals surface area contributed by atoms with E-state index in [9.17, 15) is 0 Å². The van der Waals surface area contributed by atoms with Gasteiger partial charge in [0.1, 0.15) is 18.8 Å². The van der Waals surface area contributed by atoms with Gasteiger partial charge in [0, 0.05) is 25.9 Å². The average Bonchev–Trinajstić information content (AvgIpc) is 3.03. The van der Waals surface area contributed by atoms with Gasteiger partial charge in [-0.2, -0.15) is 0 Å². The first-order valence-corrected chi connectivity index (χ1v) is 12.2. The van der Waals surface area contributed by atoms with Crippen LogP contribution < -0.4 is 17.3 Å². The molecular weight excluding hydrogens is 392 g/mol. The second-order valence-corrected chi connectivity index (χ2v) is 9.91. The van der Waals surface area contributed by atoms with Gasteiger partial charge < -0.3 is 25.7 Å². The highest BCUT2D eigenvalue weighted by molar-refractivity contribution is 6.60. The Morgan fingerprint density at radius 3 is 2.00 bits per heavy atom. The maximum absolute atomic E-state index is 5.96. The van der Waals surface area contributed by atoms with Crippen LogP contribution in [0.15, 0.2) is 12.1 Å². The zero-order chi connectivity index (χ0) is 19.9. The molecule has 0 saturated heterocycles. The summed E-state index contributed by atoms with van der Waals surface area (Å²) in [7, 11) is -2.53.